The molecule has 1 fully saturated rings. The summed E-state index contributed by atoms with van der Waals surface area (Å²) in [7, 11) is 0. The Kier molecular flexibility index (Phi) is 7.46. The molecule has 168 valence electrons. The van der Waals surface area contributed by atoms with E-state index in [1.54, 1.807) is 30.1 Å². The van der Waals surface area contributed by atoms with E-state index in [4.69, 9.17) is 27.9 Å². The van der Waals surface area contributed by atoms with Crippen LogP contribution in [0.5, 0.6) is 5.75 Å². The lowest BCUT2D eigenvalue weighted by Crippen LogP contribution is -2.34. The van der Waals surface area contributed by atoms with Crippen LogP contribution in [0.15, 0.2) is 52.5 Å². The molecule has 8 heteroatoms. The second-order valence-corrected chi connectivity index (χ2v) is 9.91. The van der Waals surface area contributed by atoms with Gasteiger partial charge in [-0.05, 0) is 75.1 Å². The number of ether oxygens (including phenoxy) is 1. The third kappa shape index (κ3) is 5.87. The van der Waals surface area contributed by atoms with Gasteiger partial charge in [-0.25, -0.2) is 9.97 Å². The molecule has 32 heavy (non-hydrogen) atoms. The van der Waals surface area contributed by atoms with Crippen molar-refractivity contribution in [2.75, 3.05) is 18.4 Å². The van der Waals surface area contributed by atoms with E-state index in [1.807, 2.05) is 13.0 Å². The minimum Gasteiger partial charge on any atom is -0.472 e. The van der Waals surface area contributed by atoms with Crippen molar-refractivity contribution in [1.29, 1.82) is 0 Å². The van der Waals surface area contributed by atoms with Gasteiger partial charge < -0.3 is 10.1 Å². The van der Waals surface area contributed by atoms with Crippen molar-refractivity contribution in [2.24, 2.45) is 0 Å². The Balaban J connectivity index is 1.47. The van der Waals surface area contributed by atoms with E-state index < -0.39 is 0 Å². The van der Waals surface area contributed by atoms with Crippen molar-refractivity contribution in [3.8, 4) is 5.75 Å². The van der Waals surface area contributed by atoms with Crippen molar-refractivity contribution >= 4 is 46.6 Å². The summed E-state index contributed by atoms with van der Waals surface area (Å²) in [6, 6.07) is 11.9. The van der Waals surface area contributed by atoms with Crippen LogP contribution in [0.4, 0.5) is 11.6 Å². The van der Waals surface area contributed by atoms with Gasteiger partial charge in [-0.2, -0.15) is 0 Å². The standard InChI is InChI=1S/C24H26Cl2N4OS/c1-15-10-16(2)12-19(11-15)32-22-6-7-27-24(29-22)28-18-13-20(25)23(21(26)14-18)31-17(3)30-8-4-5-9-30/h6-7,10-14,17H,4-5,8-9H2,1-3H3,(H,27,28,29). The largest absolute Gasteiger partial charge is 0.472 e. The highest BCUT2D eigenvalue weighted by molar-refractivity contribution is 7.99. The number of aromatic nitrogens is 2. The normalized spacial score (nSPS) is 15.0. The molecule has 0 bridgehead atoms. The molecule has 5 nitrogen and oxygen atoms in total. The minimum atomic E-state index is -0.0754. The lowest BCUT2D eigenvalue weighted by Gasteiger charge is -2.25. The van der Waals surface area contributed by atoms with Gasteiger partial charge in [0.15, 0.2) is 5.75 Å². The fourth-order valence-electron chi connectivity index (χ4n) is 3.80. The van der Waals surface area contributed by atoms with Crippen molar-refractivity contribution in [3.05, 3.63) is 63.8 Å². The Hall–Kier alpha value is -1.99. The van der Waals surface area contributed by atoms with E-state index in [0.717, 1.165) is 23.0 Å². The van der Waals surface area contributed by atoms with Crippen LogP contribution in [0, 0.1) is 13.8 Å². The first-order valence-corrected chi connectivity index (χ1v) is 12.2. The van der Waals surface area contributed by atoms with Crippen LogP contribution in [0.2, 0.25) is 10.0 Å². The summed E-state index contributed by atoms with van der Waals surface area (Å²) >= 11 is 14.6. The number of nitrogens with zero attached hydrogens (tertiary/aromatic N) is 3. The molecule has 1 aliphatic heterocycles. The van der Waals surface area contributed by atoms with E-state index >= 15 is 0 Å². The zero-order valence-electron chi connectivity index (χ0n) is 18.4. The summed E-state index contributed by atoms with van der Waals surface area (Å²) in [5, 5.41) is 4.95. The molecule has 0 spiro atoms. The molecular weight excluding hydrogens is 463 g/mol. The topological polar surface area (TPSA) is 50.3 Å². The number of benzene rings is 2. The highest BCUT2D eigenvalue weighted by Crippen LogP contribution is 2.38. The molecule has 0 aliphatic carbocycles. The zero-order valence-corrected chi connectivity index (χ0v) is 20.7. The van der Waals surface area contributed by atoms with E-state index in [1.165, 1.54) is 24.0 Å². The fraction of sp³-hybridized carbons (Fsp3) is 0.333. The van der Waals surface area contributed by atoms with E-state index in [-0.39, 0.29) is 6.23 Å². The molecule has 4 rings (SSSR count). The van der Waals surface area contributed by atoms with Crippen LogP contribution in [-0.2, 0) is 0 Å². The number of halogens is 2. The summed E-state index contributed by atoms with van der Waals surface area (Å²) in [6.07, 6.45) is 4.05. The highest BCUT2D eigenvalue weighted by atomic mass is 35.5. The van der Waals surface area contributed by atoms with Crippen molar-refractivity contribution < 1.29 is 4.74 Å². The maximum absolute atomic E-state index is 6.51. The monoisotopic (exact) mass is 488 g/mol. The molecule has 2 aromatic carbocycles. The molecule has 0 amide bonds. The third-order valence-electron chi connectivity index (χ3n) is 5.25. The van der Waals surface area contributed by atoms with E-state index in [2.05, 4.69) is 52.2 Å². The maximum Gasteiger partial charge on any atom is 0.228 e. The summed E-state index contributed by atoms with van der Waals surface area (Å²) in [6.45, 7) is 8.28. The third-order valence-corrected chi connectivity index (χ3v) is 6.71. The van der Waals surface area contributed by atoms with Gasteiger partial charge in [0.1, 0.15) is 11.3 Å². The first-order chi connectivity index (χ1) is 15.4. The number of rotatable bonds is 7. The molecule has 0 radical (unpaired) electrons. The van der Waals surface area contributed by atoms with Crippen LogP contribution < -0.4 is 10.1 Å². The van der Waals surface area contributed by atoms with Gasteiger partial charge in [0.2, 0.25) is 5.95 Å². The second kappa shape index (κ2) is 10.3. The molecule has 2 heterocycles. The predicted molar refractivity (Wildman–Crippen MR) is 133 cm³/mol. The molecule has 1 aromatic heterocycles. The highest BCUT2D eigenvalue weighted by Gasteiger charge is 2.21. The Morgan fingerprint density at radius 3 is 2.34 bits per heavy atom. The van der Waals surface area contributed by atoms with Crippen molar-refractivity contribution in [2.45, 2.75) is 49.8 Å². The molecule has 1 atom stereocenters. The van der Waals surface area contributed by atoms with Crippen LogP contribution in [0.3, 0.4) is 0 Å². The van der Waals surface area contributed by atoms with Gasteiger partial charge in [0.25, 0.3) is 0 Å². The van der Waals surface area contributed by atoms with Crippen LogP contribution in [0.25, 0.3) is 0 Å². The number of nitrogens with one attached hydrogen (secondary N) is 1. The molecule has 1 unspecified atom stereocenters. The average molecular weight is 489 g/mol. The molecule has 1 N–H and O–H groups in total. The molecule has 1 aliphatic rings. The van der Waals surface area contributed by atoms with Gasteiger partial charge in [0, 0.05) is 29.9 Å². The van der Waals surface area contributed by atoms with E-state index in [9.17, 15) is 0 Å². The predicted octanol–water partition coefficient (Wildman–Crippen LogP) is 7.12. The summed E-state index contributed by atoms with van der Waals surface area (Å²) in [5.74, 6) is 0.976. The van der Waals surface area contributed by atoms with Gasteiger partial charge in [-0.15, -0.1) is 0 Å². The Morgan fingerprint density at radius 2 is 1.69 bits per heavy atom. The zero-order chi connectivity index (χ0) is 22.7. The van der Waals surface area contributed by atoms with Crippen LogP contribution in [0.1, 0.15) is 30.9 Å². The van der Waals surface area contributed by atoms with Gasteiger partial charge in [0.05, 0.1) is 10.0 Å². The smallest absolute Gasteiger partial charge is 0.228 e. The van der Waals surface area contributed by atoms with Crippen LogP contribution >= 0.6 is 35.0 Å². The van der Waals surface area contributed by atoms with Crippen molar-refractivity contribution in [1.82, 2.24) is 14.9 Å². The van der Waals surface area contributed by atoms with Crippen molar-refractivity contribution in [3.63, 3.8) is 0 Å². The van der Waals surface area contributed by atoms with Gasteiger partial charge >= 0.3 is 0 Å². The Bertz CT molecular complexity index is 1060. The summed E-state index contributed by atoms with van der Waals surface area (Å²) in [5.41, 5.74) is 3.16. The SMILES string of the molecule is Cc1cc(C)cc(Sc2ccnc(Nc3cc(Cl)c(OC(C)N4CCCC4)c(Cl)c3)n2)c1. The Morgan fingerprint density at radius 1 is 1.03 bits per heavy atom. The number of anilines is 2. The molecular formula is C24H26Cl2N4OS. The quantitative estimate of drug-likeness (QED) is 0.357. The van der Waals surface area contributed by atoms with E-state index in [0.29, 0.717) is 27.4 Å². The van der Waals surface area contributed by atoms with Gasteiger partial charge in [-0.3, -0.25) is 4.90 Å². The lowest BCUT2D eigenvalue weighted by molar-refractivity contribution is 0.0594. The van der Waals surface area contributed by atoms with Gasteiger partial charge in [-0.1, -0.05) is 41.0 Å². The number of aryl methyl sites for hydroxylation is 2. The molecule has 0 saturated carbocycles. The fourth-order valence-corrected chi connectivity index (χ4v) is 5.36. The van der Waals surface area contributed by atoms with Crippen LogP contribution in [-0.4, -0.2) is 34.2 Å². The lowest BCUT2D eigenvalue weighted by atomic mass is 10.2. The summed E-state index contributed by atoms with van der Waals surface area (Å²) < 4.78 is 6.07. The maximum atomic E-state index is 6.51. The Labute approximate surface area is 203 Å². The first-order valence-electron chi connectivity index (χ1n) is 10.6. The first kappa shape index (κ1) is 23.2. The number of hydrogen-bond donors (Lipinski definition) is 1. The number of hydrogen-bond acceptors (Lipinski definition) is 6. The summed E-state index contributed by atoms with van der Waals surface area (Å²) in [4.78, 5) is 12.4. The second-order valence-electron chi connectivity index (χ2n) is 8.00. The molecule has 3 aromatic rings. The minimum absolute atomic E-state index is 0.0754. The number of likely N-dealkylation sites (tertiary alicyclic amines) is 1. The molecule has 1 saturated heterocycles. The average Bonchev–Trinajstić information content (AvgIpc) is 3.25.